The lowest BCUT2D eigenvalue weighted by atomic mass is 10.0. The molecule has 0 spiro atoms. The third-order valence-corrected chi connectivity index (χ3v) is 3.29. The van der Waals surface area contributed by atoms with E-state index in [1.165, 1.54) is 6.20 Å². The molecule has 0 amide bonds. The zero-order valence-corrected chi connectivity index (χ0v) is 8.85. The van der Waals surface area contributed by atoms with Gasteiger partial charge in [0, 0.05) is 23.7 Å². The van der Waals surface area contributed by atoms with Crippen LogP contribution in [0.3, 0.4) is 0 Å². The first-order valence-corrected chi connectivity index (χ1v) is 4.89. The molecule has 0 radical (unpaired) electrons. The molecule has 14 heavy (non-hydrogen) atoms. The first kappa shape index (κ1) is 9.87. The minimum atomic E-state index is -0.458. The molecule has 2 nitrogen and oxygen atoms in total. The fraction of sp³-hybridized carbons (Fsp3) is 0.500. The van der Waals surface area contributed by atoms with Crippen molar-refractivity contribution in [3.63, 3.8) is 0 Å². The Hall–Kier alpha value is -0.670. The Morgan fingerprint density at radius 2 is 2.14 bits per heavy atom. The minimum Gasteiger partial charge on any atom is -0.327 e. The maximum atomic E-state index is 13.4. The van der Waals surface area contributed by atoms with E-state index in [0.717, 1.165) is 0 Å². The van der Waals surface area contributed by atoms with Gasteiger partial charge in [-0.3, -0.25) is 0 Å². The summed E-state index contributed by atoms with van der Waals surface area (Å²) in [5.74, 6) is -0.422. The summed E-state index contributed by atoms with van der Waals surface area (Å²) in [7, 11) is 0. The summed E-state index contributed by atoms with van der Waals surface area (Å²) in [6.45, 7) is 4.03. The largest absolute Gasteiger partial charge is 0.327 e. The number of hydrogen-bond acceptors (Lipinski definition) is 2. The summed E-state index contributed by atoms with van der Waals surface area (Å²) in [5, 5.41) is 0.455. The average Bonchev–Trinajstić information content (AvgIpc) is 2.58. The van der Waals surface area contributed by atoms with Gasteiger partial charge in [0.2, 0.25) is 5.95 Å². The van der Waals surface area contributed by atoms with Gasteiger partial charge in [0.05, 0.1) is 5.02 Å². The number of hydrogen-bond donors (Lipinski definition) is 1. The molecule has 0 aromatic carbocycles. The van der Waals surface area contributed by atoms with Crippen molar-refractivity contribution in [1.29, 1.82) is 0 Å². The van der Waals surface area contributed by atoms with Crippen LogP contribution in [0.2, 0.25) is 5.02 Å². The summed E-state index contributed by atoms with van der Waals surface area (Å²) >= 11 is 5.76. The summed E-state index contributed by atoms with van der Waals surface area (Å²) in [6.07, 6.45) is 1.31. The SMILES string of the molecule is CC1(C)[C@@H](N)[C@@H]1c1cc(Cl)cnc1F. The molecule has 4 heteroatoms. The second-order valence-electron chi connectivity index (χ2n) is 4.36. The Kier molecular flexibility index (Phi) is 2.05. The third-order valence-electron chi connectivity index (χ3n) is 3.08. The second-order valence-corrected chi connectivity index (χ2v) is 4.79. The molecule has 1 aliphatic carbocycles. The van der Waals surface area contributed by atoms with Crippen LogP contribution in [0.4, 0.5) is 4.39 Å². The number of rotatable bonds is 1. The van der Waals surface area contributed by atoms with Crippen molar-refractivity contribution in [2.45, 2.75) is 25.8 Å². The van der Waals surface area contributed by atoms with Crippen molar-refractivity contribution in [3.8, 4) is 0 Å². The molecule has 1 heterocycles. The Labute approximate surface area is 87.3 Å². The van der Waals surface area contributed by atoms with E-state index in [0.29, 0.717) is 10.6 Å². The van der Waals surface area contributed by atoms with E-state index in [9.17, 15) is 4.39 Å². The Morgan fingerprint density at radius 1 is 1.57 bits per heavy atom. The third kappa shape index (κ3) is 1.31. The Morgan fingerprint density at radius 3 is 2.64 bits per heavy atom. The van der Waals surface area contributed by atoms with Gasteiger partial charge in [0.25, 0.3) is 0 Å². The number of nitrogens with zero attached hydrogens (tertiary/aromatic N) is 1. The molecule has 0 aliphatic heterocycles. The van der Waals surface area contributed by atoms with E-state index in [-0.39, 0.29) is 17.4 Å². The van der Waals surface area contributed by atoms with Crippen LogP contribution in [-0.4, -0.2) is 11.0 Å². The topological polar surface area (TPSA) is 38.9 Å². The molecular weight excluding hydrogens is 203 g/mol. The van der Waals surface area contributed by atoms with Gasteiger partial charge in [-0.25, -0.2) is 4.98 Å². The molecule has 76 valence electrons. The van der Waals surface area contributed by atoms with Gasteiger partial charge in [-0.1, -0.05) is 25.4 Å². The van der Waals surface area contributed by atoms with Crippen LogP contribution in [0, 0.1) is 11.4 Å². The van der Waals surface area contributed by atoms with Crippen LogP contribution in [0.25, 0.3) is 0 Å². The van der Waals surface area contributed by atoms with Crippen LogP contribution >= 0.6 is 11.6 Å². The molecule has 1 aromatic rings. The molecule has 0 unspecified atom stereocenters. The molecule has 1 saturated carbocycles. The van der Waals surface area contributed by atoms with Gasteiger partial charge in [-0.05, 0) is 11.5 Å². The maximum absolute atomic E-state index is 13.4. The predicted octanol–water partition coefficient (Wildman–Crippen LogP) is 2.32. The lowest BCUT2D eigenvalue weighted by Gasteiger charge is -2.03. The summed E-state index contributed by atoms with van der Waals surface area (Å²) in [6, 6.07) is 1.61. The van der Waals surface area contributed by atoms with Crippen molar-refractivity contribution < 1.29 is 4.39 Å². The lowest BCUT2D eigenvalue weighted by molar-refractivity contribution is 0.545. The van der Waals surface area contributed by atoms with Gasteiger partial charge >= 0.3 is 0 Å². The van der Waals surface area contributed by atoms with Crippen LogP contribution in [0.5, 0.6) is 0 Å². The zero-order chi connectivity index (χ0) is 10.5. The van der Waals surface area contributed by atoms with Crippen molar-refractivity contribution in [2.24, 2.45) is 11.1 Å². The predicted molar refractivity (Wildman–Crippen MR) is 53.7 cm³/mol. The van der Waals surface area contributed by atoms with E-state index in [4.69, 9.17) is 17.3 Å². The molecule has 1 aromatic heterocycles. The van der Waals surface area contributed by atoms with Crippen LogP contribution in [-0.2, 0) is 0 Å². The minimum absolute atomic E-state index is 0.00253. The highest BCUT2D eigenvalue weighted by Crippen LogP contribution is 2.57. The van der Waals surface area contributed by atoms with E-state index in [1.54, 1.807) is 6.07 Å². The molecule has 0 saturated heterocycles. The smallest absolute Gasteiger partial charge is 0.216 e. The number of aromatic nitrogens is 1. The maximum Gasteiger partial charge on any atom is 0.216 e. The highest BCUT2D eigenvalue weighted by molar-refractivity contribution is 6.30. The van der Waals surface area contributed by atoms with Gasteiger partial charge in [-0.2, -0.15) is 4.39 Å². The molecule has 1 aliphatic rings. The summed E-state index contributed by atoms with van der Waals surface area (Å²) < 4.78 is 13.4. The molecule has 2 rings (SSSR count). The second kappa shape index (κ2) is 2.91. The van der Waals surface area contributed by atoms with Crippen LogP contribution in [0.1, 0.15) is 25.3 Å². The fourth-order valence-corrected chi connectivity index (χ4v) is 2.09. The van der Waals surface area contributed by atoms with E-state index < -0.39 is 5.95 Å². The fourth-order valence-electron chi connectivity index (χ4n) is 1.93. The van der Waals surface area contributed by atoms with Crippen molar-refractivity contribution in [3.05, 3.63) is 28.8 Å². The first-order chi connectivity index (χ1) is 6.44. The normalized spacial score (nSPS) is 28.9. The van der Waals surface area contributed by atoms with E-state index in [2.05, 4.69) is 4.98 Å². The highest BCUT2D eigenvalue weighted by Gasteiger charge is 2.57. The van der Waals surface area contributed by atoms with Crippen molar-refractivity contribution >= 4 is 11.6 Å². The van der Waals surface area contributed by atoms with Crippen LogP contribution < -0.4 is 5.73 Å². The summed E-state index contributed by atoms with van der Waals surface area (Å²) in [5.41, 5.74) is 6.35. The Bertz CT molecular complexity index is 378. The molecule has 2 atom stereocenters. The van der Waals surface area contributed by atoms with Crippen LogP contribution in [0.15, 0.2) is 12.3 Å². The van der Waals surface area contributed by atoms with Gasteiger partial charge < -0.3 is 5.73 Å². The number of pyridine rings is 1. The summed E-state index contributed by atoms with van der Waals surface area (Å²) in [4.78, 5) is 3.59. The van der Waals surface area contributed by atoms with Crippen molar-refractivity contribution in [2.75, 3.05) is 0 Å². The van der Waals surface area contributed by atoms with Gasteiger partial charge in [0.15, 0.2) is 0 Å². The Balaban J connectivity index is 2.39. The number of halogens is 2. The lowest BCUT2D eigenvalue weighted by Crippen LogP contribution is -2.06. The first-order valence-electron chi connectivity index (χ1n) is 4.51. The molecule has 0 bridgehead atoms. The van der Waals surface area contributed by atoms with Gasteiger partial charge in [-0.15, -0.1) is 0 Å². The quantitative estimate of drug-likeness (QED) is 0.729. The number of nitrogens with two attached hydrogens (primary N) is 1. The molecule has 1 fully saturated rings. The highest BCUT2D eigenvalue weighted by atomic mass is 35.5. The standard InChI is InChI=1S/C10H12ClFN2/c1-10(2)7(8(10)13)6-3-5(11)4-14-9(6)12/h3-4,7-8H,13H2,1-2H3/t7-,8-/m0/s1. The zero-order valence-electron chi connectivity index (χ0n) is 8.09. The van der Waals surface area contributed by atoms with Crippen molar-refractivity contribution in [1.82, 2.24) is 4.98 Å². The van der Waals surface area contributed by atoms with E-state index in [1.807, 2.05) is 13.8 Å². The molecular formula is C10H12ClFN2. The van der Waals surface area contributed by atoms with Gasteiger partial charge in [0.1, 0.15) is 0 Å². The average molecular weight is 215 g/mol. The monoisotopic (exact) mass is 214 g/mol. The van der Waals surface area contributed by atoms with E-state index >= 15 is 0 Å². The molecule has 2 N–H and O–H groups in total.